The van der Waals surface area contributed by atoms with Crippen molar-refractivity contribution < 1.29 is 0 Å². The zero-order valence-electron chi connectivity index (χ0n) is 11.5. The highest BCUT2D eigenvalue weighted by Gasteiger charge is 2.12. The highest BCUT2D eigenvalue weighted by Crippen LogP contribution is 2.06. The molecule has 0 fully saturated rings. The Labute approximate surface area is 105 Å². The summed E-state index contributed by atoms with van der Waals surface area (Å²) in [4.78, 5) is 6.75. The zero-order chi connectivity index (χ0) is 12.7. The van der Waals surface area contributed by atoms with Gasteiger partial charge in [0.2, 0.25) is 0 Å². The molecule has 0 radical (unpaired) electrons. The lowest BCUT2D eigenvalue weighted by Crippen LogP contribution is -2.36. The van der Waals surface area contributed by atoms with Gasteiger partial charge < -0.3 is 10.2 Å². The fourth-order valence-corrected chi connectivity index (χ4v) is 1.87. The van der Waals surface area contributed by atoms with Crippen LogP contribution in [0.4, 0.5) is 0 Å². The van der Waals surface area contributed by atoms with Gasteiger partial charge in [-0.2, -0.15) is 0 Å². The maximum absolute atomic E-state index is 4.35. The minimum absolute atomic E-state index is 0.572. The standard InChI is InChI=1S/C14H25N3/c1-12(15-3)11-13(2)17(4)10-8-14-7-5-6-9-16-14/h5-7,9,12-13,15H,8,10-11H2,1-4H3. The number of likely N-dealkylation sites (N-methyl/N-ethyl adjacent to an activating group) is 1. The molecule has 3 nitrogen and oxygen atoms in total. The molecular formula is C14H25N3. The number of pyridine rings is 1. The topological polar surface area (TPSA) is 28.2 Å². The van der Waals surface area contributed by atoms with Gasteiger partial charge in [0.05, 0.1) is 0 Å². The Balaban J connectivity index is 2.31. The van der Waals surface area contributed by atoms with Crippen molar-refractivity contribution in [3.63, 3.8) is 0 Å². The van der Waals surface area contributed by atoms with Gasteiger partial charge in [0.15, 0.2) is 0 Å². The summed E-state index contributed by atoms with van der Waals surface area (Å²) in [5.74, 6) is 0. The lowest BCUT2D eigenvalue weighted by molar-refractivity contribution is 0.234. The van der Waals surface area contributed by atoms with Crippen molar-refractivity contribution in [3.8, 4) is 0 Å². The van der Waals surface area contributed by atoms with Gasteiger partial charge in [-0.25, -0.2) is 0 Å². The zero-order valence-corrected chi connectivity index (χ0v) is 11.5. The fraction of sp³-hybridized carbons (Fsp3) is 0.643. The van der Waals surface area contributed by atoms with Crippen LogP contribution in [0.2, 0.25) is 0 Å². The van der Waals surface area contributed by atoms with E-state index >= 15 is 0 Å². The molecule has 3 heteroatoms. The van der Waals surface area contributed by atoms with Crippen LogP contribution in [0.3, 0.4) is 0 Å². The van der Waals surface area contributed by atoms with Crippen LogP contribution >= 0.6 is 0 Å². The first kappa shape index (κ1) is 14.1. The van der Waals surface area contributed by atoms with Crippen molar-refractivity contribution in [2.24, 2.45) is 0 Å². The summed E-state index contributed by atoms with van der Waals surface area (Å²) in [6, 6.07) is 7.28. The first-order chi connectivity index (χ1) is 8.13. The molecular weight excluding hydrogens is 210 g/mol. The van der Waals surface area contributed by atoms with Crippen molar-refractivity contribution in [2.45, 2.75) is 38.8 Å². The number of hydrogen-bond acceptors (Lipinski definition) is 3. The number of nitrogens with zero attached hydrogens (tertiary/aromatic N) is 2. The maximum Gasteiger partial charge on any atom is 0.0416 e. The van der Waals surface area contributed by atoms with E-state index in [2.05, 4.69) is 48.2 Å². The normalized spacial score (nSPS) is 14.9. The van der Waals surface area contributed by atoms with Crippen LogP contribution in [-0.4, -0.2) is 42.6 Å². The van der Waals surface area contributed by atoms with Gasteiger partial charge >= 0.3 is 0 Å². The smallest absolute Gasteiger partial charge is 0.0416 e. The number of hydrogen-bond donors (Lipinski definition) is 1. The molecule has 0 spiro atoms. The minimum atomic E-state index is 0.572. The summed E-state index contributed by atoms with van der Waals surface area (Å²) < 4.78 is 0. The summed E-state index contributed by atoms with van der Waals surface area (Å²) >= 11 is 0. The summed E-state index contributed by atoms with van der Waals surface area (Å²) in [7, 11) is 4.21. The second-order valence-electron chi connectivity index (χ2n) is 4.83. The van der Waals surface area contributed by atoms with Gasteiger partial charge in [-0.15, -0.1) is 0 Å². The van der Waals surface area contributed by atoms with Gasteiger partial charge in [0.25, 0.3) is 0 Å². The lowest BCUT2D eigenvalue weighted by Gasteiger charge is -2.26. The third kappa shape index (κ3) is 5.29. The molecule has 1 aromatic heterocycles. The van der Waals surface area contributed by atoms with Crippen LogP contribution < -0.4 is 5.32 Å². The molecule has 2 unspecified atom stereocenters. The predicted octanol–water partition coefficient (Wildman–Crippen LogP) is 1.94. The van der Waals surface area contributed by atoms with Crippen LogP contribution in [0.5, 0.6) is 0 Å². The van der Waals surface area contributed by atoms with Crippen LogP contribution in [0, 0.1) is 0 Å². The Morgan fingerprint density at radius 3 is 2.71 bits per heavy atom. The molecule has 0 amide bonds. The minimum Gasteiger partial charge on any atom is -0.317 e. The molecule has 0 saturated heterocycles. The number of rotatable bonds is 7. The molecule has 1 aromatic rings. The Bertz CT molecular complexity index is 300. The monoisotopic (exact) mass is 235 g/mol. The summed E-state index contributed by atoms with van der Waals surface area (Å²) in [6.07, 6.45) is 4.06. The lowest BCUT2D eigenvalue weighted by atomic mass is 10.1. The molecule has 0 saturated carbocycles. The molecule has 2 atom stereocenters. The number of nitrogens with one attached hydrogen (secondary N) is 1. The largest absolute Gasteiger partial charge is 0.317 e. The molecule has 0 aliphatic carbocycles. The first-order valence-corrected chi connectivity index (χ1v) is 6.41. The van der Waals surface area contributed by atoms with Crippen molar-refractivity contribution in [1.29, 1.82) is 0 Å². The van der Waals surface area contributed by atoms with Crippen LogP contribution in [0.15, 0.2) is 24.4 Å². The average Bonchev–Trinajstić information content (AvgIpc) is 2.36. The van der Waals surface area contributed by atoms with Gasteiger partial charge in [-0.3, -0.25) is 4.98 Å². The van der Waals surface area contributed by atoms with E-state index in [1.54, 1.807) is 0 Å². The van der Waals surface area contributed by atoms with E-state index in [0.717, 1.165) is 13.0 Å². The Morgan fingerprint density at radius 1 is 1.35 bits per heavy atom. The van der Waals surface area contributed by atoms with E-state index in [0.29, 0.717) is 12.1 Å². The molecule has 0 aliphatic rings. The molecule has 17 heavy (non-hydrogen) atoms. The Kier molecular flexibility index (Phi) is 6.16. The van der Waals surface area contributed by atoms with E-state index in [9.17, 15) is 0 Å². The Morgan fingerprint density at radius 2 is 2.12 bits per heavy atom. The van der Waals surface area contributed by atoms with Crippen molar-refractivity contribution in [1.82, 2.24) is 15.2 Å². The van der Waals surface area contributed by atoms with Gasteiger partial charge in [0, 0.05) is 36.9 Å². The highest BCUT2D eigenvalue weighted by molar-refractivity contribution is 5.03. The van der Waals surface area contributed by atoms with Crippen molar-refractivity contribution in [2.75, 3.05) is 20.6 Å². The molecule has 0 aliphatic heterocycles. The summed E-state index contributed by atoms with van der Waals surface area (Å²) in [6.45, 7) is 5.57. The third-order valence-corrected chi connectivity index (χ3v) is 3.39. The molecule has 1 rings (SSSR count). The maximum atomic E-state index is 4.35. The van der Waals surface area contributed by atoms with E-state index in [1.807, 2.05) is 19.3 Å². The molecule has 0 bridgehead atoms. The van der Waals surface area contributed by atoms with Gasteiger partial charge in [-0.1, -0.05) is 6.07 Å². The van der Waals surface area contributed by atoms with E-state index in [1.165, 1.54) is 12.1 Å². The van der Waals surface area contributed by atoms with Gasteiger partial charge in [0.1, 0.15) is 0 Å². The fourth-order valence-electron chi connectivity index (χ4n) is 1.87. The highest BCUT2D eigenvalue weighted by atomic mass is 15.1. The molecule has 1 N–H and O–H groups in total. The molecule has 0 aromatic carbocycles. The van der Waals surface area contributed by atoms with Crippen molar-refractivity contribution in [3.05, 3.63) is 30.1 Å². The summed E-state index contributed by atoms with van der Waals surface area (Å²) in [5, 5.41) is 3.29. The van der Waals surface area contributed by atoms with Gasteiger partial charge in [-0.05, 0) is 46.5 Å². The van der Waals surface area contributed by atoms with Crippen LogP contribution in [0.1, 0.15) is 26.0 Å². The van der Waals surface area contributed by atoms with Crippen LogP contribution in [0.25, 0.3) is 0 Å². The quantitative estimate of drug-likeness (QED) is 0.783. The third-order valence-electron chi connectivity index (χ3n) is 3.39. The molecule has 1 heterocycles. The second kappa shape index (κ2) is 7.41. The molecule has 96 valence electrons. The first-order valence-electron chi connectivity index (χ1n) is 6.41. The predicted molar refractivity (Wildman–Crippen MR) is 73.2 cm³/mol. The van der Waals surface area contributed by atoms with Crippen molar-refractivity contribution >= 4 is 0 Å². The van der Waals surface area contributed by atoms with E-state index < -0.39 is 0 Å². The van der Waals surface area contributed by atoms with E-state index in [-0.39, 0.29) is 0 Å². The number of aromatic nitrogens is 1. The summed E-state index contributed by atoms with van der Waals surface area (Å²) in [5.41, 5.74) is 1.17. The second-order valence-corrected chi connectivity index (χ2v) is 4.83. The Hall–Kier alpha value is -0.930. The van der Waals surface area contributed by atoms with E-state index in [4.69, 9.17) is 0 Å². The van der Waals surface area contributed by atoms with Crippen LogP contribution in [-0.2, 0) is 6.42 Å². The average molecular weight is 235 g/mol. The SMILES string of the molecule is CNC(C)CC(C)N(C)CCc1ccccn1.